The zero-order valence-corrected chi connectivity index (χ0v) is 22.0. The summed E-state index contributed by atoms with van der Waals surface area (Å²) in [5, 5.41) is 11.4. The first-order valence-electron chi connectivity index (χ1n) is 12.7. The van der Waals surface area contributed by atoms with Crippen molar-refractivity contribution in [3.05, 3.63) is 64.8 Å². The lowest BCUT2D eigenvalue weighted by Crippen LogP contribution is -2.33. The number of alkyl halides is 2. The number of halogens is 2. The van der Waals surface area contributed by atoms with Crippen molar-refractivity contribution in [1.82, 2.24) is 5.32 Å². The molecule has 11 heteroatoms. The highest BCUT2D eigenvalue weighted by atomic mass is 19.3. The van der Waals surface area contributed by atoms with Gasteiger partial charge in [-0.25, -0.2) is 0 Å². The molecule has 1 aliphatic carbocycles. The van der Waals surface area contributed by atoms with Crippen molar-refractivity contribution in [2.24, 2.45) is 5.92 Å². The number of hydrogen-bond donors (Lipinski definition) is 1. The number of ether oxygens (including phenoxy) is 2. The quantitative estimate of drug-likeness (QED) is 0.104. The van der Waals surface area contributed by atoms with Crippen molar-refractivity contribution in [2.75, 3.05) is 19.8 Å². The molecule has 1 atom stereocenters. The molecule has 1 fully saturated rings. The molecule has 0 radical (unpaired) electrons. The van der Waals surface area contributed by atoms with Crippen LogP contribution in [-0.4, -0.2) is 48.7 Å². The van der Waals surface area contributed by atoms with Gasteiger partial charge in [-0.3, -0.25) is 9.59 Å². The van der Waals surface area contributed by atoms with Crippen LogP contribution in [0.25, 0.3) is 0 Å². The molecule has 0 aliphatic heterocycles. The van der Waals surface area contributed by atoms with Gasteiger partial charge in [0.25, 0.3) is 11.0 Å². The zero-order chi connectivity index (χ0) is 28.2. The van der Waals surface area contributed by atoms with Crippen molar-refractivity contribution < 1.29 is 37.8 Å². The Bertz CT molecular complexity index is 889. The third-order valence-electron chi connectivity index (χ3n) is 5.37. The summed E-state index contributed by atoms with van der Waals surface area (Å²) >= 11 is 0. The minimum absolute atomic E-state index is 0.236. The number of carbonyl (C=O) groups is 2. The van der Waals surface area contributed by atoms with Crippen LogP contribution in [0.3, 0.4) is 0 Å². The number of hydrogen-bond acceptors (Lipinski definition) is 7. The molecule has 0 bridgehead atoms. The number of unbranched alkanes of at least 4 members (excludes halogenated alkanes) is 1. The van der Waals surface area contributed by atoms with E-state index in [9.17, 15) is 28.5 Å². The molecule has 0 spiro atoms. The third-order valence-corrected chi connectivity index (χ3v) is 5.37. The second kappa shape index (κ2) is 18.7. The lowest BCUT2D eigenvalue weighted by atomic mass is 10.1. The van der Waals surface area contributed by atoms with Gasteiger partial charge in [0.15, 0.2) is 6.61 Å². The van der Waals surface area contributed by atoms with Crippen LogP contribution in [0.4, 0.5) is 8.78 Å². The number of nitrogens with zero attached hydrogens (tertiary/aromatic N) is 1. The lowest BCUT2D eigenvalue weighted by Gasteiger charge is -2.14. The Morgan fingerprint density at radius 2 is 1.92 bits per heavy atom. The minimum atomic E-state index is -2.89. The zero-order valence-electron chi connectivity index (χ0n) is 22.0. The molecule has 1 saturated carbocycles. The van der Waals surface area contributed by atoms with E-state index in [0.717, 1.165) is 38.2 Å². The summed E-state index contributed by atoms with van der Waals surface area (Å²) in [4.78, 5) is 36.6. The number of allylic oxidation sites excluding steroid dienone is 3. The van der Waals surface area contributed by atoms with Gasteiger partial charge in [0, 0.05) is 6.42 Å². The van der Waals surface area contributed by atoms with E-state index < -0.39 is 29.7 Å². The van der Waals surface area contributed by atoms with Gasteiger partial charge >= 0.3 is 5.97 Å². The van der Waals surface area contributed by atoms with Gasteiger partial charge in [-0.1, -0.05) is 49.3 Å². The van der Waals surface area contributed by atoms with Gasteiger partial charge in [-0.2, -0.15) is 8.78 Å². The highest BCUT2D eigenvalue weighted by Crippen LogP contribution is 2.27. The maximum Gasteiger partial charge on any atom is 0.325 e. The molecule has 1 aromatic rings. The monoisotopic (exact) mass is 540 g/mol. The van der Waals surface area contributed by atoms with Crippen LogP contribution in [0, 0.1) is 16.0 Å². The van der Waals surface area contributed by atoms with Gasteiger partial charge < -0.3 is 19.6 Å². The van der Waals surface area contributed by atoms with Crippen molar-refractivity contribution in [3.8, 4) is 5.75 Å². The summed E-state index contributed by atoms with van der Waals surface area (Å²) in [7, 11) is 0. The number of rotatable bonds is 15. The molecule has 0 heterocycles. The normalized spacial score (nSPS) is 14.5. The average molecular weight is 541 g/mol. The Hall–Kier alpha value is -3.50. The van der Waals surface area contributed by atoms with E-state index in [1.54, 1.807) is 30.3 Å². The number of esters is 1. The van der Waals surface area contributed by atoms with Crippen LogP contribution in [0.15, 0.2) is 54.6 Å². The molecule has 0 aromatic heterocycles. The van der Waals surface area contributed by atoms with Crippen LogP contribution in [0.1, 0.15) is 58.8 Å². The summed E-state index contributed by atoms with van der Waals surface area (Å²) in [6.45, 7) is 2.17. The Kier molecular flexibility index (Phi) is 16.0. The van der Waals surface area contributed by atoms with Crippen molar-refractivity contribution in [1.29, 1.82) is 0 Å². The fourth-order valence-corrected chi connectivity index (χ4v) is 3.44. The number of amides is 1. The third kappa shape index (κ3) is 17.0. The predicted molar refractivity (Wildman–Crippen MR) is 138 cm³/mol. The number of carbonyl (C=O) groups excluding carboxylic acids is 2. The van der Waals surface area contributed by atoms with Gasteiger partial charge in [-0.05, 0) is 63.7 Å². The molecule has 1 amide bonds. The molecular weight excluding hydrogens is 502 g/mol. The van der Waals surface area contributed by atoms with Crippen molar-refractivity contribution >= 4 is 11.9 Å². The molecule has 212 valence electrons. The smallest absolute Gasteiger partial charge is 0.325 e. The van der Waals surface area contributed by atoms with Crippen LogP contribution in [-0.2, 0) is 19.2 Å². The van der Waals surface area contributed by atoms with Crippen LogP contribution in [0.2, 0.25) is 0 Å². The number of nitrogens with one attached hydrogen (secondary N) is 1. The topological polar surface area (TPSA) is 117 Å². The molecule has 1 aliphatic rings. The van der Waals surface area contributed by atoms with E-state index in [0.29, 0.717) is 24.5 Å². The first-order valence-corrected chi connectivity index (χ1v) is 12.7. The summed E-state index contributed by atoms with van der Waals surface area (Å²) in [5.41, 5.74) is 0. The maximum absolute atomic E-state index is 13.6. The maximum atomic E-state index is 13.6. The van der Waals surface area contributed by atoms with Crippen LogP contribution < -0.4 is 10.1 Å². The summed E-state index contributed by atoms with van der Waals surface area (Å²) in [6, 6.07) is 8.71. The van der Waals surface area contributed by atoms with Gasteiger partial charge in [-0.15, -0.1) is 10.1 Å². The molecule has 9 nitrogen and oxygen atoms in total. The lowest BCUT2D eigenvalue weighted by molar-refractivity contribution is -0.759. The molecule has 2 rings (SSSR count). The van der Waals surface area contributed by atoms with E-state index in [1.807, 2.05) is 25.1 Å². The van der Waals surface area contributed by atoms with Gasteiger partial charge in [0.2, 0.25) is 5.91 Å². The molecule has 38 heavy (non-hydrogen) atoms. The first-order chi connectivity index (χ1) is 18.1. The summed E-state index contributed by atoms with van der Waals surface area (Å²) < 4.78 is 37.0. The number of para-hydroxylation sites is 1. The SMILES string of the molecule is C/C=C\CCCC(=O)NCC(=O)OC(C)CO[N+](=O)[O-].FC(F)(/C=C/C1CCCC1)COc1ccccc1. The largest absolute Gasteiger partial charge is 0.487 e. The average Bonchev–Trinajstić information content (AvgIpc) is 3.42. The molecule has 1 aromatic carbocycles. The van der Waals surface area contributed by atoms with Crippen molar-refractivity contribution in [3.63, 3.8) is 0 Å². The summed E-state index contributed by atoms with van der Waals surface area (Å²) in [6.07, 6.45) is 12.0. The fourth-order valence-electron chi connectivity index (χ4n) is 3.44. The fraction of sp³-hybridized carbons (Fsp3) is 0.556. The first kappa shape index (κ1) is 32.5. The van der Waals surface area contributed by atoms with E-state index in [1.165, 1.54) is 6.92 Å². The molecule has 1 N–H and O–H groups in total. The summed E-state index contributed by atoms with van der Waals surface area (Å²) in [5.74, 6) is -2.98. The molecular formula is C27H38F2N2O7. The Morgan fingerprint density at radius 1 is 1.24 bits per heavy atom. The van der Waals surface area contributed by atoms with Crippen LogP contribution in [0.5, 0.6) is 5.75 Å². The van der Waals surface area contributed by atoms with Gasteiger partial charge in [0.1, 0.15) is 25.0 Å². The van der Waals surface area contributed by atoms with E-state index in [2.05, 4.69) is 10.2 Å². The second-order valence-corrected chi connectivity index (χ2v) is 8.82. The minimum Gasteiger partial charge on any atom is -0.487 e. The Labute approximate surface area is 222 Å². The number of benzene rings is 1. The van der Waals surface area contributed by atoms with Crippen LogP contribution >= 0.6 is 0 Å². The predicted octanol–water partition coefficient (Wildman–Crippen LogP) is 5.44. The van der Waals surface area contributed by atoms with E-state index >= 15 is 0 Å². The van der Waals surface area contributed by atoms with E-state index in [4.69, 9.17) is 9.47 Å². The van der Waals surface area contributed by atoms with Gasteiger partial charge in [0.05, 0.1) is 0 Å². The Morgan fingerprint density at radius 3 is 2.55 bits per heavy atom. The standard InChI is InChI=1S/C15H18F2O.C12H20N2O6/c16-15(17,11-10-13-6-4-5-7-13)12-18-14-8-2-1-3-9-14;1-3-4-5-6-7-11(15)13-8-12(16)20-10(2)9-19-14(17)18/h1-3,8-11,13H,4-7,12H2;3-4,10H,5-9H2,1-2H3,(H,13,15)/b11-10+;4-3-. The van der Waals surface area contributed by atoms with E-state index in [-0.39, 0.29) is 19.1 Å². The highest BCUT2D eigenvalue weighted by molar-refractivity contribution is 5.81. The molecule has 0 saturated heterocycles. The molecule has 1 unspecified atom stereocenters. The Balaban J connectivity index is 0.000000381. The highest BCUT2D eigenvalue weighted by Gasteiger charge is 2.27. The second-order valence-electron chi connectivity index (χ2n) is 8.82. The van der Waals surface area contributed by atoms with Crippen molar-refractivity contribution in [2.45, 2.75) is 70.8 Å².